The lowest BCUT2D eigenvalue weighted by Gasteiger charge is -2.22. The first-order valence-corrected chi connectivity index (χ1v) is 5.87. The van der Waals surface area contributed by atoms with Crippen molar-refractivity contribution in [1.29, 1.82) is 0 Å². The van der Waals surface area contributed by atoms with Crippen LogP contribution in [0.1, 0.15) is 5.56 Å². The number of carboxylic acid groups (broad SMARTS) is 1. The van der Waals surface area contributed by atoms with E-state index in [0.29, 0.717) is 5.69 Å². The van der Waals surface area contributed by atoms with Gasteiger partial charge in [0.05, 0.1) is 6.42 Å². The monoisotopic (exact) mass is 259 g/mol. The van der Waals surface area contributed by atoms with Crippen LogP contribution < -0.4 is 4.90 Å². The van der Waals surface area contributed by atoms with Crippen LogP contribution in [0, 0.1) is 5.82 Å². The van der Waals surface area contributed by atoms with Gasteiger partial charge in [0, 0.05) is 24.0 Å². The van der Waals surface area contributed by atoms with E-state index in [1.165, 1.54) is 6.07 Å². The molecule has 0 radical (unpaired) electrons. The van der Waals surface area contributed by atoms with Crippen molar-refractivity contribution in [1.82, 2.24) is 0 Å². The lowest BCUT2D eigenvalue weighted by Crippen LogP contribution is -2.14. The first-order valence-electron chi connectivity index (χ1n) is 5.87. The molecule has 0 fully saturated rings. The van der Waals surface area contributed by atoms with Crippen LogP contribution in [0.4, 0.5) is 15.8 Å². The summed E-state index contributed by atoms with van der Waals surface area (Å²) in [4.78, 5) is 12.6. The van der Waals surface area contributed by atoms with E-state index in [0.717, 1.165) is 5.69 Å². The number of hydrogen-bond acceptors (Lipinski definition) is 2. The topological polar surface area (TPSA) is 40.5 Å². The fourth-order valence-electron chi connectivity index (χ4n) is 1.98. The van der Waals surface area contributed by atoms with Crippen LogP contribution in [0.2, 0.25) is 0 Å². The van der Waals surface area contributed by atoms with E-state index in [9.17, 15) is 9.18 Å². The van der Waals surface area contributed by atoms with E-state index in [-0.39, 0.29) is 12.0 Å². The van der Waals surface area contributed by atoms with Crippen LogP contribution in [0.15, 0.2) is 48.5 Å². The zero-order valence-corrected chi connectivity index (χ0v) is 10.5. The van der Waals surface area contributed by atoms with E-state index in [1.807, 2.05) is 30.3 Å². The van der Waals surface area contributed by atoms with Crippen LogP contribution in [0.25, 0.3) is 0 Å². The molecule has 0 spiro atoms. The Labute approximate surface area is 110 Å². The summed E-state index contributed by atoms with van der Waals surface area (Å²) in [7, 11) is 1.79. The summed E-state index contributed by atoms with van der Waals surface area (Å²) in [6.07, 6.45) is -0.334. The third kappa shape index (κ3) is 2.91. The first kappa shape index (κ1) is 13.1. The maximum absolute atomic E-state index is 13.8. The van der Waals surface area contributed by atoms with Crippen LogP contribution >= 0.6 is 0 Å². The molecule has 0 unspecified atom stereocenters. The molecule has 0 aliphatic carbocycles. The van der Waals surface area contributed by atoms with Crippen molar-refractivity contribution in [3.63, 3.8) is 0 Å². The Hall–Kier alpha value is -2.36. The van der Waals surface area contributed by atoms with Crippen molar-refractivity contribution in [3.05, 3.63) is 59.9 Å². The quantitative estimate of drug-likeness (QED) is 0.916. The number of rotatable bonds is 4. The van der Waals surface area contributed by atoms with Gasteiger partial charge in [0.1, 0.15) is 5.82 Å². The SMILES string of the molecule is CN(c1ccccc1)c1cccc(F)c1CC(=O)O. The number of anilines is 2. The molecule has 2 aromatic rings. The van der Waals surface area contributed by atoms with Crippen molar-refractivity contribution in [2.75, 3.05) is 11.9 Å². The number of carbonyl (C=O) groups is 1. The van der Waals surface area contributed by atoms with E-state index in [4.69, 9.17) is 5.11 Å². The van der Waals surface area contributed by atoms with Crippen LogP contribution in [-0.4, -0.2) is 18.1 Å². The number of carboxylic acids is 1. The molecular weight excluding hydrogens is 245 g/mol. The van der Waals surface area contributed by atoms with E-state index >= 15 is 0 Å². The third-order valence-corrected chi connectivity index (χ3v) is 2.93. The summed E-state index contributed by atoms with van der Waals surface area (Å²) < 4.78 is 13.8. The summed E-state index contributed by atoms with van der Waals surface area (Å²) in [5.41, 5.74) is 1.63. The molecular formula is C15H14FNO2. The molecule has 0 aliphatic heterocycles. The van der Waals surface area contributed by atoms with Gasteiger partial charge in [0.15, 0.2) is 0 Å². The van der Waals surface area contributed by atoms with E-state index in [2.05, 4.69) is 0 Å². The molecule has 1 N–H and O–H groups in total. The smallest absolute Gasteiger partial charge is 0.308 e. The fraction of sp³-hybridized carbons (Fsp3) is 0.133. The van der Waals surface area contributed by atoms with Gasteiger partial charge in [-0.25, -0.2) is 4.39 Å². The average Bonchev–Trinajstić information content (AvgIpc) is 2.41. The Balaban J connectivity index is 2.44. The van der Waals surface area contributed by atoms with Gasteiger partial charge < -0.3 is 10.0 Å². The molecule has 0 aliphatic rings. The standard InChI is InChI=1S/C15H14FNO2/c1-17(11-6-3-2-4-7-11)14-9-5-8-13(16)12(14)10-15(18)19/h2-9H,10H2,1H3,(H,18,19). The molecule has 19 heavy (non-hydrogen) atoms. The minimum atomic E-state index is -1.05. The Morgan fingerprint density at radius 1 is 1.16 bits per heavy atom. The number of aliphatic carboxylic acids is 1. The van der Waals surface area contributed by atoms with Crippen molar-refractivity contribution < 1.29 is 14.3 Å². The molecule has 0 atom stereocenters. The molecule has 4 heteroatoms. The third-order valence-electron chi connectivity index (χ3n) is 2.93. The van der Waals surface area contributed by atoms with Gasteiger partial charge >= 0.3 is 5.97 Å². The van der Waals surface area contributed by atoms with Gasteiger partial charge in [0.2, 0.25) is 0 Å². The minimum Gasteiger partial charge on any atom is -0.481 e. The summed E-state index contributed by atoms with van der Waals surface area (Å²) in [5, 5.41) is 8.88. The minimum absolute atomic E-state index is 0.196. The Morgan fingerprint density at radius 3 is 2.47 bits per heavy atom. The predicted molar refractivity (Wildman–Crippen MR) is 72.2 cm³/mol. The number of halogens is 1. The second-order valence-corrected chi connectivity index (χ2v) is 4.20. The molecule has 3 nitrogen and oxygen atoms in total. The highest BCUT2D eigenvalue weighted by Gasteiger charge is 2.15. The number of benzene rings is 2. The normalized spacial score (nSPS) is 10.2. The number of para-hydroxylation sites is 1. The fourth-order valence-corrected chi connectivity index (χ4v) is 1.98. The van der Waals surface area contributed by atoms with Gasteiger partial charge in [-0.1, -0.05) is 24.3 Å². The summed E-state index contributed by atoms with van der Waals surface area (Å²) >= 11 is 0. The largest absolute Gasteiger partial charge is 0.481 e. The Bertz CT molecular complexity index is 584. The van der Waals surface area contributed by atoms with Gasteiger partial charge in [-0.05, 0) is 24.3 Å². The second kappa shape index (κ2) is 5.52. The zero-order chi connectivity index (χ0) is 13.8. The lowest BCUT2D eigenvalue weighted by atomic mass is 10.1. The van der Waals surface area contributed by atoms with Crippen LogP contribution in [-0.2, 0) is 11.2 Å². The lowest BCUT2D eigenvalue weighted by molar-refractivity contribution is -0.136. The molecule has 0 amide bonds. The van der Waals surface area contributed by atoms with Crippen LogP contribution in [0.3, 0.4) is 0 Å². The van der Waals surface area contributed by atoms with E-state index < -0.39 is 11.8 Å². The summed E-state index contributed by atoms with van der Waals surface area (Å²) in [6.45, 7) is 0. The van der Waals surface area contributed by atoms with Crippen LogP contribution in [0.5, 0.6) is 0 Å². The van der Waals surface area contributed by atoms with Gasteiger partial charge in [-0.2, -0.15) is 0 Å². The Morgan fingerprint density at radius 2 is 1.84 bits per heavy atom. The van der Waals surface area contributed by atoms with E-state index in [1.54, 1.807) is 24.1 Å². The molecule has 98 valence electrons. The maximum Gasteiger partial charge on any atom is 0.308 e. The zero-order valence-electron chi connectivity index (χ0n) is 10.5. The summed E-state index contributed by atoms with van der Waals surface area (Å²) in [6, 6.07) is 14.0. The maximum atomic E-state index is 13.8. The molecule has 0 saturated carbocycles. The average molecular weight is 259 g/mol. The predicted octanol–water partition coefficient (Wildman–Crippen LogP) is 3.22. The van der Waals surface area contributed by atoms with Crippen molar-refractivity contribution in [2.24, 2.45) is 0 Å². The molecule has 2 aromatic carbocycles. The van der Waals surface area contributed by atoms with Crippen molar-refractivity contribution in [3.8, 4) is 0 Å². The summed E-state index contributed by atoms with van der Waals surface area (Å²) in [5.74, 6) is -1.55. The highest BCUT2D eigenvalue weighted by molar-refractivity contribution is 5.76. The second-order valence-electron chi connectivity index (χ2n) is 4.20. The van der Waals surface area contributed by atoms with Gasteiger partial charge in [0.25, 0.3) is 0 Å². The highest BCUT2D eigenvalue weighted by Crippen LogP contribution is 2.28. The number of nitrogens with zero attached hydrogens (tertiary/aromatic N) is 1. The molecule has 2 rings (SSSR count). The van der Waals surface area contributed by atoms with Crippen molar-refractivity contribution in [2.45, 2.75) is 6.42 Å². The number of hydrogen-bond donors (Lipinski definition) is 1. The highest BCUT2D eigenvalue weighted by atomic mass is 19.1. The molecule has 0 aromatic heterocycles. The Kier molecular flexibility index (Phi) is 3.80. The van der Waals surface area contributed by atoms with Gasteiger partial charge in [-0.15, -0.1) is 0 Å². The van der Waals surface area contributed by atoms with Gasteiger partial charge in [-0.3, -0.25) is 4.79 Å². The first-order chi connectivity index (χ1) is 9.09. The molecule has 0 heterocycles. The van der Waals surface area contributed by atoms with Crippen molar-refractivity contribution >= 4 is 17.3 Å². The molecule has 0 saturated heterocycles. The molecule has 0 bridgehead atoms.